The van der Waals surface area contributed by atoms with Crippen molar-refractivity contribution < 1.29 is 8.42 Å². The fourth-order valence-corrected chi connectivity index (χ4v) is 5.63. The molecule has 1 aliphatic rings. The average Bonchev–Trinajstić information content (AvgIpc) is 2.82. The van der Waals surface area contributed by atoms with Crippen molar-refractivity contribution in [2.45, 2.75) is 109 Å². The summed E-state index contributed by atoms with van der Waals surface area (Å²) in [6.07, 6.45) is 7.54. The second-order valence-electron chi connectivity index (χ2n) is 11.8. The highest BCUT2D eigenvalue weighted by Gasteiger charge is 2.26. The molecular weight excluding hydrogens is 416 g/mol. The Morgan fingerprint density at radius 3 is 1.81 bits per heavy atom. The lowest BCUT2D eigenvalue weighted by Gasteiger charge is -2.27. The molecule has 1 aliphatic carbocycles. The molecule has 2 N–H and O–H groups in total. The quantitative estimate of drug-likeness (QED) is 0.520. The van der Waals surface area contributed by atoms with Crippen LogP contribution in [0.4, 0.5) is 0 Å². The van der Waals surface area contributed by atoms with Gasteiger partial charge in [0.2, 0.25) is 10.0 Å². The normalized spacial score (nSPS) is 16.9. The highest BCUT2D eigenvalue weighted by Crippen LogP contribution is 2.37. The largest absolute Gasteiger partial charge is 0.343 e. The molecule has 1 aromatic carbocycles. The summed E-state index contributed by atoms with van der Waals surface area (Å²) >= 11 is 0. The van der Waals surface area contributed by atoms with Crippen LogP contribution in [0.2, 0.25) is 0 Å². The van der Waals surface area contributed by atoms with E-state index in [2.05, 4.69) is 64.3 Å². The highest BCUT2D eigenvalue weighted by molar-refractivity contribution is 7.89. The Morgan fingerprint density at radius 2 is 1.38 bits per heavy atom. The SMILES string of the molecule is Cc1c(S(N)(=O)=O)cc(-c2cc(C(C)(C)C)cc(C(C)(C)C)c2)n1CC1CCCCCC1. The molecule has 0 aliphatic heterocycles. The Morgan fingerprint density at radius 1 is 0.875 bits per heavy atom. The van der Waals surface area contributed by atoms with Gasteiger partial charge in [0.1, 0.15) is 4.90 Å². The first-order valence-corrected chi connectivity index (χ1v) is 13.6. The second kappa shape index (κ2) is 8.98. The van der Waals surface area contributed by atoms with Gasteiger partial charge in [0, 0.05) is 17.9 Å². The molecule has 0 radical (unpaired) electrons. The summed E-state index contributed by atoms with van der Waals surface area (Å²) in [5.41, 5.74) is 5.31. The summed E-state index contributed by atoms with van der Waals surface area (Å²) in [5, 5.41) is 5.63. The number of nitrogens with two attached hydrogens (primary N) is 1. The fourth-order valence-electron chi connectivity index (χ4n) is 4.83. The second-order valence-corrected chi connectivity index (χ2v) is 13.3. The Balaban J connectivity index is 2.22. The van der Waals surface area contributed by atoms with Crippen LogP contribution in [-0.4, -0.2) is 13.0 Å². The van der Waals surface area contributed by atoms with E-state index in [-0.39, 0.29) is 15.7 Å². The smallest absolute Gasteiger partial charge is 0.239 e. The number of hydrogen-bond acceptors (Lipinski definition) is 2. The van der Waals surface area contributed by atoms with E-state index in [1.807, 2.05) is 6.92 Å². The molecule has 0 atom stereocenters. The zero-order valence-corrected chi connectivity index (χ0v) is 21.9. The van der Waals surface area contributed by atoms with Gasteiger partial charge in [-0.05, 0) is 71.4 Å². The van der Waals surface area contributed by atoms with Gasteiger partial charge in [0.05, 0.1) is 0 Å². The monoisotopic (exact) mass is 458 g/mol. The van der Waals surface area contributed by atoms with E-state index in [9.17, 15) is 8.42 Å². The Hall–Kier alpha value is -1.59. The fraction of sp³-hybridized carbons (Fsp3) is 0.630. The average molecular weight is 459 g/mol. The predicted octanol–water partition coefficient (Wildman–Crippen LogP) is 6.68. The number of primary sulfonamides is 1. The topological polar surface area (TPSA) is 65.1 Å². The lowest BCUT2D eigenvalue weighted by atomic mass is 9.79. The zero-order valence-electron chi connectivity index (χ0n) is 21.1. The van der Waals surface area contributed by atoms with Crippen LogP contribution >= 0.6 is 0 Å². The maximum Gasteiger partial charge on any atom is 0.239 e. The van der Waals surface area contributed by atoms with Crippen LogP contribution in [0.25, 0.3) is 11.3 Å². The van der Waals surface area contributed by atoms with E-state index in [0.29, 0.717) is 5.92 Å². The van der Waals surface area contributed by atoms with Crippen LogP contribution < -0.4 is 5.14 Å². The molecule has 5 heteroatoms. The van der Waals surface area contributed by atoms with E-state index in [1.54, 1.807) is 6.07 Å². The number of nitrogens with zero attached hydrogens (tertiary/aromatic N) is 1. The Labute approximate surface area is 195 Å². The van der Waals surface area contributed by atoms with E-state index in [4.69, 9.17) is 5.14 Å². The molecule has 178 valence electrons. The summed E-state index contributed by atoms with van der Waals surface area (Å²) in [6, 6.07) is 8.58. The van der Waals surface area contributed by atoms with Gasteiger partial charge in [0.25, 0.3) is 0 Å². The molecule has 0 amide bonds. The van der Waals surface area contributed by atoms with Crippen molar-refractivity contribution in [2.24, 2.45) is 11.1 Å². The van der Waals surface area contributed by atoms with Gasteiger partial charge in [-0.3, -0.25) is 0 Å². The zero-order chi connectivity index (χ0) is 23.9. The number of aromatic nitrogens is 1. The van der Waals surface area contributed by atoms with Gasteiger partial charge in [-0.15, -0.1) is 0 Å². The van der Waals surface area contributed by atoms with Crippen LogP contribution in [0.5, 0.6) is 0 Å². The summed E-state index contributed by atoms with van der Waals surface area (Å²) < 4.78 is 27.1. The Kier molecular flexibility index (Phi) is 7.03. The maximum absolute atomic E-state index is 12.4. The molecule has 2 aromatic rings. The molecule has 4 nitrogen and oxygen atoms in total. The van der Waals surface area contributed by atoms with Gasteiger partial charge >= 0.3 is 0 Å². The summed E-state index contributed by atoms with van der Waals surface area (Å²) in [7, 11) is -3.79. The summed E-state index contributed by atoms with van der Waals surface area (Å²) in [5.74, 6) is 0.573. The van der Waals surface area contributed by atoms with Crippen LogP contribution in [0.3, 0.4) is 0 Å². The van der Waals surface area contributed by atoms with Gasteiger partial charge in [0.15, 0.2) is 0 Å². The minimum atomic E-state index is -3.79. The predicted molar refractivity (Wildman–Crippen MR) is 135 cm³/mol. The first kappa shape index (κ1) is 25.0. The lowest BCUT2D eigenvalue weighted by molar-refractivity contribution is 0.393. The summed E-state index contributed by atoms with van der Waals surface area (Å²) in [4.78, 5) is 0.250. The highest BCUT2D eigenvalue weighted by atomic mass is 32.2. The maximum atomic E-state index is 12.4. The van der Waals surface area contributed by atoms with Crippen molar-refractivity contribution >= 4 is 10.0 Å². The third-order valence-corrected chi connectivity index (χ3v) is 8.03. The lowest BCUT2D eigenvalue weighted by Crippen LogP contribution is -2.17. The third kappa shape index (κ3) is 5.66. The van der Waals surface area contributed by atoms with Crippen molar-refractivity contribution in [3.05, 3.63) is 41.1 Å². The van der Waals surface area contributed by atoms with Crippen molar-refractivity contribution in [3.63, 3.8) is 0 Å². The standard InChI is InChI=1S/C27H42N2O2S/c1-19-25(32(28,30)31)17-24(29(19)18-20-12-10-8-9-11-13-20)21-14-22(26(2,3)4)16-23(15-21)27(5,6)7/h14-17,20H,8-13,18H2,1-7H3,(H2,28,30,31). The number of sulfonamides is 1. The van der Waals surface area contributed by atoms with Gasteiger partial charge < -0.3 is 4.57 Å². The van der Waals surface area contributed by atoms with Crippen molar-refractivity contribution in [2.75, 3.05) is 0 Å². The van der Waals surface area contributed by atoms with Crippen LogP contribution in [0.15, 0.2) is 29.2 Å². The van der Waals surface area contributed by atoms with Gasteiger partial charge in [-0.25, -0.2) is 13.6 Å². The molecule has 32 heavy (non-hydrogen) atoms. The number of rotatable bonds is 4. The van der Waals surface area contributed by atoms with Crippen LogP contribution in [0.1, 0.15) is 96.9 Å². The molecule has 1 saturated carbocycles. The number of benzene rings is 1. The van der Waals surface area contributed by atoms with Crippen molar-refractivity contribution in [3.8, 4) is 11.3 Å². The first-order valence-electron chi connectivity index (χ1n) is 12.1. The molecule has 0 bridgehead atoms. The van der Waals surface area contributed by atoms with Crippen molar-refractivity contribution in [1.82, 2.24) is 4.57 Å². The minimum absolute atomic E-state index is 0.00740. The number of hydrogen-bond donors (Lipinski definition) is 1. The minimum Gasteiger partial charge on any atom is -0.343 e. The van der Waals surface area contributed by atoms with Gasteiger partial charge in [-0.2, -0.15) is 0 Å². The summed E-state index contributed by atoms with van der Waals surface area (Å²) in [6.45, 7) is 16.1. The third-order valence-electron chi connectivity index (χ3n) is 7.00. The Bertz CT molecular complexity index is 1030. The van der Waals surface area contributed by atoms with Crippen LogP contribution in [0, 0.1) is 12.8 Å². The van der Waals surface area contributed by atoms with Crippen LogP contribution in [-0.2, 0) is 27.4 Å². The molecule has 1 fully saturated rings. The van der Waals surface area contributed by atoms with E-state index < -0.39 is 10.0 Å². The molecule has 1 heterocycles. The van der Waals surface area contributed by atoms with Crippen molar-refractivity contribution in [1.29, 1.82) is 0 Å². The molecule has 0 spiro atoms. The molecule has 0 unspecified atom stereocenters. The van der Waals surface area contributed by atoms with Gasteiger partial charge in [-0.1, -0.05) is 73.3 Å². The molecular formula is C27H42N2O2S. The van der Waals surface area contributed by atoms with E-state index in [1.165, 1.54) is 49.7 Å². The molecule has 3 rings (SSSR count). The van der Waals surface area contributed by atoms with E-state index >= 15 is 0 Å². The first-order chi connectivity index (χ1) is 14.7. The molecule has 0 saturated heterocycles. The van der Waals surface area contributed by atoms with E-state index in [0.717, 1.165) is 23.5 Å². The molecule has 1 aromatic heterocycles.